The fourth-order valence-corrected chi connectivity index (χ4v) is 5.61. The largest absolute Gasteiger partial charge is 0.351 e. The normalized spacial score (nSPS) is 29.2. The van der Waals surface area contributed by atoms with E-state index >= 15 is 0 Å². The molecule has 3 aliphatic rings. The molecule has 25 heavy (non-hydrogen) atoms. The first-order valence-electron chi connectivity index (χ1n) is 9.39. The van der Waals surface area contributed by atoms with Crippen molar-refractivity contribution < 1.29 is 0 Å². The van der Waals surface area contributed by atoms with Crippen molar-refractivity contribution in [1.29, 1.82) is 0 Å². The van der Waals surface area contributed by atoms with E-state index in [4.69, 9.17) is 4.99 Å². The first-order chi connectivity index (χ1) is 12.3. The monoisotopic (exact) mass is 352 g/mol. The highest BCUT2D eigenvalue weighted by molar-refractivity contribution is 8.14. The van der Waals surface area contributed by atoms with Crippen LogP contribution in [-0.2, 0) is 0 Å². The highest BCUT2D eigenvalue weighted by Gasteiger charge is 2.43. The number of aromatic nitrogens is 2. The molecule has 4 nitrogen and oxygen atoms in total. The molecule has 1 aliphatic carbocycles. The lowest BCUT2D eigenvalue weighted by atomic mass is 9.99. The minimum Gasteiger partial charge on any atom is -0.351 e. The molecule has 5 rings (SSSR count). The molecule has 4 heterocycles. The Labute approximate surface area is 153 Å². The molecule has 0 N–H and O–H groups in total. The molecular weight excluding hydrogens is 328 g/mol. The Balaban J connectivity index is 1.50. The lowest BCUT2D eigenvalue weighted by molar-refractivity contribution is 0.320. The highest BCUT2D eigenvalue weighted by Crippen LogP contribution is 2.47. The van der Waals surface area contributed by atoms with Crippen LogP contribution in [0.5, 0.6) is 0 Å². The van der Waals surface area contributed by atoms with Crippen molar-refractivity contribution in [3.63, 3.8) is 0 Å². The number of nitrogens with zero attached hydrogens (tertiary/aromatic N) is 4. The zero-order valence-electron chi connectivity index (χ0n) is 14.6. The predicted octanol–water partition coefficient (Wildman–Crippen LogP) is 4.59. The molecule has 2 aromatic heterocycles. The van der Waals surface area contributed by atoms with Crippen molar-refractivity contribution in [3.05, 3.63) is 54.1 Å². The molecule has 130 valence electrons. The fourth-order valence-electron chi connectivity index (χ4n) is 4.51. The summed E-state index contributed by atoms with van der Waals surface area (Å²) in [7, 11) is 0. The number of amidine groups is 1. The summed E-state index contributed by atoms with van der Waals surface area (Å²) in [5.74, 6) is 0. The van der Waals surface area contributed by atoms with Crippen LogP contribution in [0.3, 0.4) is 0 Å². The Morgan fingerprint density at radius 2 is 2.04 bits per heavy atom. The quantitative estimate of drug-likeness (QED) is 0.810. The lowest BCUT2D eigenvalue weighted by Gasteiger charge is -2.26. The van der Waals surface area contributed by atoms with Crippen molar-refractivity contribution in [2.75, 3.05) is 6.54 Å². The molecule has 0 bridgehead atoms. The minimum atomic E-state index is 0.107. The van der Waals surface area contributed by atoms with Crippen LogP contribution in [0.25, 0.3) is 0 Å². The molecule has 2 aliphatic heterocycles. The van der Waals surface area contributed by atoms with E-state index in [9.17, 15) is 0 Å². The summed E-state index contributed by atoms with van der Waals surface area (Å²) in [5, 5.41) is 1.81. The van der Waals surface area contributed by atoms with Crippen molar-refractivity contribution >= 4 is 16.9 Å². The summed E-state index contributed by atoms with van der Waals surface area (Å²) < 4.78 is 2.45. The second-order valence-corrected chi connectivity index (χ2v) is 8.87. The maximum absolute atomic E-state index is 5.07. The van der Waals surface area contributed by atoms with Crippen molar-refractivity contribution in [3.8, 4) is 0 Å². The zero-order chi connectivity index (χ0) is 16.8. The van der Waals surface area contributed by atoms with Gasteiger partial charge in [0.25, 0.3) is 0 Å². The first-order valence-corrected chi connectivity index (χ1v) is 10.3. The van der Waals surface area contributed by atoms with Crippen LogP contribution in [0.4, 0.5) is 0 Å². The number of fused-ring (bicyclic) bond motifs is 1. The van der Waals surface area contributed by atoms with Crippen LogP contribution >= 0.6 is 11.8 Å². The third kappa shape index (κ3) is 2.69. The minimum absolute atomic E-state index is 0.107. The SMILES string of the molecule is C[C@@H]1CN2C(=N[C@H](c3ccccn3)[C@H]2c2ccn(C3CCCC3)c2)S1. The maximum atomic E-state index is 5.07. The highest BCUT2D eigenvalue weighted by atomic mass is 32.2. The van der Waals surface area contributed by atoms with Gasteiger partial charge in [-0.05, 0) is 36.6 Å². The maximum Gasteiger partial charge on any atom is 0.160 e. The van der Waals surface area contributed by atoms with Gasteiger partial charge in [-0.1, -0.05) is 37.6 Å². The topological polar surface area (TPSA) is 33.4 Å². The van der Waals surface area contributed by atoms with Crippen LogP contribution < -0.4 is 0 Å². The van der Waals surface area contributed by atoms with Gasteiger partial charge >= 0.3 is 0 Å². The lowest BCUT2D eigenvalue weighted by Crippen LogP contribution is -2.28. The number of hydrogen-bond donors (Lipinski definition) is 0. The number of rotatable bonds is 3. The summed E-state index contributed by atoms with van der Waals surface area (Å²) >= 11 is 1.91. The van der Waals surface area contributed by atoms with E-state index in [2.05, 4.69) is 52.0 Å². The van der Waals surface area contributed by atoms with Crippen LogP contribution in [0.1, 0.15) is 62.0 Å². The molecule has 0 amide bonds. The Bertz CT molecular complexity index is 778. The standard InChI is InChI=1S/C20H24N4S/c1-14-12-24-19(15-9-11-23(13-15)16-6-2-3-7-16)18(22-20(24)25-14)17-8-4-5-10-21-17/h4-5,8-11,13-14,16,18-19H,2-3,6-7,12H2,1H3/t14-,18-,19-/m1/s1. The predicted molar refractivity (Wildman–Crippen MR) is 103 cm³/mol. The van der Waals surface area contributed by atoms with Gasteiger partial charge in [-0.25, -0.2) is 0 Å². The van der Waals surface area contributed by atoms with E-state index in [1.54, 1.807) is 0 Å². The smallest absolute Gasteiger partial charge is 0.160 e. The summed E-state index contributed by atoms with van der Waals surface area (Å²) in [4.78, 5) is 12.2. The second kappa shape index (κ2) is 6.20. The molecule has 1 saturated carbocycles. The average Bonchev–Trinajstić information content (AvgIpc) is 3.38. The molecule has 0 unspecified atom stereocenters. The van der Waals surface area contributed by atoms with Crippen molar-refractivity contribution in [2.24, 2.45) is 4.99 Å². The zero-order valence-corrected chi connectivity index (χ0v) is 15.4. The average molecular weight is 353 g/mol. The molecule has 0 radical (unpaired) electrons. The molecule has 0 spiro atoms. The van der Waals surface area contributed by atoms with Gasteiger partial charge in [-0.2, -0.15) is 0 Å². The van der Waals surface area contributed by atoms with E-state index < -0.39 is 0 Å². The van der Waals surface area contributed by atoms with E-state index in [-0.39, 0.29) is 12.1 Å². The van der Waals surface area contributed by atoms with E-state index in [0.717, 1.165) is 12.2 Å². The van der Waals surface area contributed by atoms with Gasteiger partial charge in [-0.15, -0.1) is 0 Å². The fraction of sp³-hybridized carbons (Fsp3) is 0.500. The van der Waals surface area contributed by atoms with E-state index in [1.165, 1.54) is 36.4 Å². The van der Waals surface area contributed by atoms with Gasteiger partial charge in [0, 0.05) is 36.4 Å². The Hall–Kier alpha value is -1.75. The molecule has 5 heteroatoms. The van der Waals surface area contributed by atoms with Crippen LogP contribution in [0.15, 0.2) is 47.8 Å². The van der Waals surface area contributed by atoms with Gasteiger partial charge in [0.2, 0.25) is 0 Å². The van der Waals surface area contributed by atoms with Gasteiger partial charge in [-0.3, -0.25) is 9.98 Å². The molecule has 2 aromatic rings. The van der Waals surface area contributed by atoms with Gasteiger partial charge in [0.05, 0.1) is 11.7 Å². The summed E-state index contributed by atoms with van der Waals surface area (Å²) in [6, 6.07) is 9.56. The summed E-state index contributed by atoms with van der Waals surface area (Å²) in [6.45, 7) is 3.37. The van der Waals surface area contributed by atoms with Crippen LogP contribution in [0, 0.1) is 0 Å². The summed E-state index contributed by atoms with van der Waals surface area (Å²) in [6.07, 6.45) is 11.9. The van der Waals surface area contributed by atoms with E-state index in [1.807, 2.05) is 24.0 Å². The number of hydrogen-bond acceptors (Lipinski definition) is 4. The Morgan fingerprint density at radius 1 is 1.16 bits per heavy atom. The van der Waals surface area contributed by atoms with Gasteiger partial charge < -0.3 is 9.47 Å². The van der Waals surface area contributed by atoms with Gasteiger partial charge in [0.1, 0.15) is 6.04 Å². The summed E-state index contributed by atoms with van der Waals surface area (Å²) in [5.41, 5.74) is 2.47. The molecule has 0 aromatic carbocycles. The van der Waals surface area contributed by atoms with Gasteiger partial charge in [0.15, 0.2) is 5.17 Å². The van der Waals surface area contributed by atoms with E-state index in [0.29, 0.717) is 11.3 Å². The number of aliphatic imine (C=N–C) groups is 1. The first kappa shape index (κ1) is 15.5. The second-order valence-electron chi connectivity index (χ2n) is 7.47. The molecule has 2 fully saturated rings. The Kier molecular flexibility index (Phi) is 3.85. The number of thioether (sulfide) groups is 1. The molecule has 1 saturated heterocycles. The van der Waals surface area contributed by atoms with Crippen molar-refractivity contribution in [2.45, 2.75) is 56.0 Å². The Morgan fingerprint density at radius 3 is 2.84 bits per heavy atom. The van der Waals surface area contributed by atoms with Crippen LogP contribution in [-0.4, -0.2) is 31.4 Å². The third-order valence-electron chi connectivity index (χ3n) is 5.71. The molecule has 3 atom stereocenters. The number of pyridine rings is 1. The third-order valence-corrected chi connectivity index (χ3v) is 6.81. The van der Waals surface area contributed by atoms with Crippen LogP contribution in [0.2, 0.25) is 0 Å². The molecular formula is C20H24N4S. The van der Waals surface area contributed by atoms with Crippen molar-refractivity contribution in [1.82, 2.24) is 14.5 Å².